The van der Waals surface area contributed by atoms with Crippen molar-refractivity contribution in [2.75, 3.05) is 12.4 Å². The first-order valence-electron chi connectivity index (χ1n) is 9.79. The third kappa shape index (κ3) is 3.89. The number of carbonyl (C=O) groups excluding carboxylic acids is 1. The number of nitrogens with one attached hydrogen (secondary N) is 1. The van der Waals surface area contributed by atoms with Crippen LogP contribution in [0.3, 0.4) is 0 Å². The van der Waals surface area contributed by atoms with Gasteiger partial charge < -0.3 is 10.1 Å². The Hall–Kier alpha value is -3.92. The zero-order valence-corrected chi connectivity index (χ0v) is 18.8. The van der Waals surface area contributed by atoms with Gasteiger partial charge in [0.15, 0.2) is 0 Å². The molecule has 170 valence electrons. The number of amides is 1. The van der Waals surface area contributed by atoms with Crippen LogP contribution in [0.15, 0.2) is 75.2 Å². The summed E-state index contributed by atoms with van der Waals surface area (Å²) in [6.07, 6.45) is 0. The molecular weight excluding hydrogens is 449 g/mol. The number of hydrogen-bond donors (Lipinski definition) is 1. The predicted octanol–water partition coefficient (Wildman–Crippen LogP) is 3.11. The first kappa shape index (κ1) is 22.3. The van der Waals surface area contributed by atoms with Crippen LogP contribution in [0.1, 0.15) is 10.4 Å². The Labute approximate surface area is 188 Å². The number of nitrogens with zero attached hydrogens (tertiary/aromatic N) is 2. The summed E-state index contributed by atoms with van der Waals surface area (Å²) in [7, 11) is 0.424. The Balaban J connectivity index is 1.92. The fourth-order valence-electron chi connectivity index (χ4n) is 3.55. The van der Waals surface area contributed by atoms with Gasteiger partial charge in [0.25, 0.3) is 5.91 Å². The van der Waals surface area contributed by atoms with Crippen LogP contribution in [0.4, 0.5) is 10.1 Å². The molecule has 0 unspecified atom stereocenters. The summed E-state index contributed by atoms with van der Waals surface area (Å²) >= 11 is 0. The largest absolute Gasteiger partial charge is 0.497 e. The van der Waals surface area contributed by atoms with E-state index in [1.807, 2.05) is 0 Å². The lowest BCUT2D eigenvalue weighted by Gasteiger charge is -2.14. The second kappa shape index (κ2) is 8.21. The minimum atomic E-state index is -4.11. The number of aromatic nitrogens is 2. The van der Waals surface area contributed by atoms with Crippen LogP contribution in [-0.2, 0) is 23.9 Å². The summed E-state index contributed by atoms with van der Waals surface area (Å²) < 4.78 is 48.4. The van der Waals surface area contributed by atoms with Crippen molar-refractivity contribution < 1.29 is 22.3 Å². The summed E-state index contributed by atoms with van der Waals surface area (Å²) in [6.45, 7) is 0. The Morgan fingerprint density at radius 1 is 0.970 bits per heavy atom. The molecule has 8 nitrogen and oxygen atoms in total. The highest BCUT2D eigenvalue weighted by Crippen LogP contribution is 2.32. The number of sulfone groups is 1. The number of carbonyl (C=O) groups is 1. The number of aryl methyl sites for hydroxylation is 2. The number of rotatable bonds is 5. The van der Waals surface area contributed by atoms with Crippen LogP contribution >= 0.6 is 0 Å². The molecule has 0 aliphatic heterocycles. The molecule has 0 saturated carbocycles. The van der Waals surface area contributed by atoms with Crippen LogP contribution < -0.4 is 15.7 Å². The van der Waals surface area contributed by atoms with Gasteiger partial charge in [0.05, 0.1) is 33.6 Å². The van der Waals surface area contributed by atoms with Gasteiger partial charge in [-0.1, -0.05) is 6.07 Å². The average Bonchev–Trinajstić information content (AvgIpc) is 3.02. The zero-order chi connectivity index (χ0) is 23.9. The molecule has 0 radical (unpaired) electrons. The van der Waals surface area contributed by atoms with Gasteiger partial charge in [0, 0.05) is 19.7 Å². The molecule has 0 saturated heterocycles. The molecule has 0 spiro atoms. The fraction of sp³-hybridized carbons (Fsp3) is 0.130. The first-order valence-corrected chi connectivity index (χ1v) is 11.3. The maximum atomic E-state index is 13.6. The van der Waals surface area contributed by atoms with Crippen molar-refractivity contribution in [3.8, 4) is 5.75 Å². The standard InChI is InChI=1S/C23H20FN3O5S/c1-26-19-12-18(25-22(28)14-5-4-6-15(24)11-14)21(13-20(19)27(2)23(26)29)33(30,31)17-9-7-16(32-3)8-10-17/h4-13H,1-3H3,(H,25,28). The van der Waals surface area contributed by atoms with Crippen molar-refractivity contribution in [1.29, 1.82) is 0 Å². The second-order valence-corrected chi connectivity index (χ2v) is 9.30. The smallest absolute Gasteiger partial charge is 0.328 e. The van der Waals surface area contributed by atoms with Crippen LogP contribution in [0.5, 0.6) is 5.75 Å². The van der Waals surface area contributed by atoms with E-state index in [1.54, 1.807) is 7.05 Å². The van der Waals surface area contributed by atoms with E-state index in [9.17, 15) is 22.4 Å². The van der Waals surface area contributed by atoms with Crippen molar-refractivity contribution >= 4 is 32.5 Å². The lowest BCUT2D eigenvalue weighted by Crippen LogP contribution is -2.19. The van der Waals surface area contributed by atoms with Gasteiger partial charge in [-0.25, -0.2) is 17.6 Å². The van der Waals surface area contributed by atoms with Gasteiger partial charge in [-0.05, 0) is 54.6 Å². The second-order valence-electron chi connectivity index (χ2n) is 7.38. The number of fused-ring (bicyclic) bond motifs is 1. The molecule has 1 aromatic heterocycles. The molecule has 4 rings (SSSR count). The van der Waals surface area contributed by atoms with Gasteiger partial charge in [0.2, 0.25) is 9.84 Å². The molecule has 1 amide bonds. The maximum absolute atomic E-state index is 13.6. The van der Waals surface area contributed by atoms with E-state index >= 15 is 0 Å². The van der Waals surface area contributed by atoms with E-state index in [4.69, 9.17) is 4.74 Å². The fourth-order valence-corrected chi connectivity index (χ4v) is 4.97. The van der Waals surface area contributed by atoms with E-state index in [0.29, 0.717) is 16.8 Å². The SMILES string of the molecule is COc1ccc(S(=O)(=O)c2cc3c(cc2NC(=O)c2cccc(F)c2)n(C)c(=O)n3C)cc1. The predicted molar refractivity (Wildman–Crippen MR) is 121 cm³/mol. The molecule has 0 aliphatic rings. The normalized spacial score (nSPS) is 11.5. The Kier molecular flexibility index (Phi) is 5.54. The number of ether oxygens (including phenoxy) is 1. The number of methoxy groups -OCH3 is 1. The molecule has 3 aromatic carbocycles. The Morgan fingerprint density at radius 3 is 2.21 bits per heavy atom. The van der Waals surface area contributed by atoms with Crippen molar-refractivity contribution in [1.82, 2.24) is 9.13 Å². The molecule has 33 heavy (non-hydrogen) atoms. The molecule has 1 N–H and O–H groups in total. The topological polar surface area (TPSA) is 99.4 Å². The van der Waals surface area contributed by atoms with Gasteiger partial charge >= 0.3 is 5.69 Å². The van der Waals surface area contributed by atoms with Crippen molar-refractivity contribution in [3.63, 3.8) is 0 Å². The molecule has 0 fully saturated rings. The van der Waals surface area contributed by atoms with Crippen LogP contribution in [0.2, 0.25) is 0 Å². The van der Waals surface area contributed by atoms with Crippen molar-refractivity contribution in [3.05, 3.63) is 82.5 Å². The third-order valence-electron chi connectivity index (χ3n) is 5.37. The molecule has 0 bridgehead atoms. The Bertz CT molecular complexity index is 1550. The van der Waals surface area contributed by atoms with E-state index in [2.05, 4.69) is 5.32 Å². The first-order chi connectivity index (χ1) is 15.6. The number of benzene rings is 3. The van der Waals surface area contributed by atoms with E-state index < -0.39 is 21.6 Å². The summed E-state index contributed by atoms with van der Waals surface area (Å²) in [5, 5.41) is 2.57. The number of hydrogen-bond acceptors (Lipinski definition) is 5. The number of halogens is 1. The average molecular weight is 469 g/mol. The molecule has 4 aromatic rings. The van der Waals surface area contributed by atoms with Crippen molar-refractivity contribution in [2.45, 2.75) is 9.79 Å². The number of anilines is 1. The quantitative estimate of drug-likeness (QED) is 0.484. The summed E-state index contributed by atoms with van der Waals surface area (Å²) in [5.41, 5.74) is 0.425. The van der Waals surface area contributed by atoms with E-state index in [-0.39, 0.29) is 26.7 Å². The van der Waals surface area contributed by atoms with E-state index in [1.165, 1.54) is 77.9 Å². The van der Waals surface area contributed by atoms with Gasteiger partial charge in [-0.2, -0.15) is 0 Å². The molecule has 0 aliphatic carbocycles. The highest BCUT2D eigenvalue weighted by molar-refractivity contribution is 7.91. The molecule has 0 atom stereocenters. The summed E-state index contributed by atoms with van der Waals surface area (Å²) in [5.74, 6) is -0.815. The maximum Gasteiger partial charge on any atom is 0.328 e. The zero-order valence-electron chi connectivity index (χ0n) is 18.0. The van der Waals surface area contributed by atoms with Gasteiger partial charge in [-0.3, -0.25) is 13.9 Å². The lowest BCUT2D eigenvalue weighted by molar-refractivity contribution is 0.102. The summed E-state index contributed by atoms with van der Waals surface area (Å²) in [4.78, 5) is 25.0. The van der Waals surface area contributed by atoms with Gasteiger partial charge in [0.1, 0.15) is 11.6 Å². The number of imidazole rings is 1. The molecule has 10 heteroatoms. The van der Waals surface area contributed by atoms with Crippen LogP contribution in [0.25, 0.3) is 11.0 Å². The molecule has 1 heterocycles. The van der Waals surface area contributed by atoms with Crippen LogP contribution in [0, 0.1) is 5.82 Å². The highest BCUT2D eigenvalue weighted by atomic mass is 32.2. The van der Waals surface area contributed by atoms with E-state index in [0.717, 1.165) is 6.07 Å². The minimum Gasteiger partial charge on any atom is -0.497 e. The monoisotopic (exact) mass is 469 g/mol. The highest BCUT2D eigenvalue weighted by Gasteiger charge is 2.25. The molecular formula is C23H20FN3O5S. The van der Waals surface area contributed by atoms with Gasteiger partial charge in [-0.15, -0.1) is 0 Å². The summed E-state index contributed by atoms with van der Waals surface area (Å²) in [6, 6.07) is 13.6. The third-order valence-corrected chi connectivity index (χ3v) is 7.18. The lowest BCUT2D eigenvalue weighted by atomic mass is 10.2. The van der Waals surface area contributed by atoms with Crippen molar-refractivity contribution in [2.24, 2.45) is 14.1 Å². The Morgan fingerprint density at radius 2 is 1.61 bits per heavy atom. The van der Waals surface area contributed by atoms with Crippen LogP contribution in [-0.4, -0.2) is 30.6 Å². The minimum absolute atomic E-state index is 0.0184.